The smallest absolute Gasteiger partial charge is 0.322 e. The lowest BCUT2D eigenvalue weighted by molar-refractivity contribution is -0.134. The SMILES string of the molecule is CC1CCC2(CC1)NC(=O)N(NC(=O)c1ccc(F)cc1F)C2=O. The van der Waals surface area contributed by atoms with E-state index >= 15 is 0 Å². The molecule has 0 unspecified atom stereocenters. The number of benzene rings is 1. The van der Waals surface area contributed by atoms with Crippen LogP contribution in [0.4, 0.5) is 13.6 Å². The van der Waals surface area contributed by atoms with Gasteiger partial charge in [0.25, 0.3) is 11.8 Å². The Balaban J connectivity index is 1.76. The second-order valence-electron chi connectivity index (χ2n) is 6.40. The molecule has 0 radical (unpaired) electrons. The first-order valence-corrected chi connectivity index (χ1v) is 7.75. The van der Waals surface area contributed by atoms with Crippen molar-refractivity contribution in [3.8, 4) is 0 Å². The highest BCUT2D eigenvalue weighted by atomic mass is 19.1. The molecule has 3 rings (SSSR count). The molecule has 1 aromatic carbocycles. The Bertz CT molecular complexity index is 715. The van der Waals surface area contributed by atoms with Gasteiger partial charge in [0.15, 0.2) is 0 Å². The van der Waals surface area contributed by atoms with E-state index < -0.39 is 40.6 Å². The number of imide groups is 1. The van der Waals surface area contributed by atoms with Crippen LogP contribution in [-0.4, -0.2) is 28.4 Å². The predicted octanol–water partition coefficient (Wildman–Crippen LogP) is 2.11. The van der Waals surface area contributed by atoms with Crippen LogP contribution in [0.15, 0.2) is 18.2 Å². The summed E-state index contributed by atoms with van der Waals surface area (Å²) in [6.07, 6.45) is 2.58. The molecule has 1 aliphatic carbocycles. The van der Waals surface area contributed by atoms with Gasteiger partial charge in [-0.05, 0) is 43.7 Å². The number of nitrogens with one attached hydrogen (secondary N) is 2. The van der Waals surface area contributed by atoms with Gasteiger partial charge in [0.05, 0.1) is 5.56 Å². The van der Waals surface area contributed by atoms with Crippen LogP contribution in [0.25, 0.3) is 0 Å². The Morgan fingerprint density at radius 3 is 2.58 bits per heavy atom. The third kappa shape index (κ3) is 2.72. The van der Waals surface area contributed by atoms with Gasteiger partial charge in [-0.25, -0.2) is 13.6 Å². The fraction of sp³-hybridized carbons (Fsp3) is 0.438. The Morgan fingerprint density at radius 1 is 1.29 bits per heavy atom. The lowest BCUT2D eigenvalue weighted by Gasteiger charge is -2.33. The van der Waals surface area contributed by atoms with E-state index in [4.69, 9.17) is 0 Å². The minimum Gasteiger partial charge on any atom is -0.322 e. The molecule has 128 valence electrons. The number of hydrazine groups is 1. The zero-order chi connectivity index (χ0) is 17.5. The summed E-state index contributed by atoms with van der Waals surface area (Å²) in [4.78, 5) is 36.8. The van der Waals surface area contributed by atoms with Gasteiger partial charge < -0.3 is 5.32 Å². The minimum absolute atomic E-state index is 0.449. The molecule has 1 aromatic rings. The first-order chi connectivity index (χ1) is 11.3. The Hall–Kier alpha value is -2.51. The molecule has 0 bridgehead atoms. The number of urea groups is 1. The van der Waals surface area contributed by atoms with Crippen molar-refractivity contribution in [3.05, 3.63) is 35.4 Å². The van der Waals surface area contributed by atoms with E-state index in [1.165, 1.54) is 0 Å². The molecule has 24 heavy (non-hydrogen) atoms. The molecule has 0 aromatic heterocycles. The molecule has 6 nitrogen and oxygen atoms in total. The lowest BCUT2D eigenvalue weighted by atomic mass is 9.77. The molecule has 2 fully saturated rings. The average Bonchev–Trinajstić information content (AvgIpc) is 2.75. The van der Waals surface area contributed by atoms with Gasteiger partial charge in [0.2, 0.25) is 0 Å². The topological polar surface area (TPSA) is 78.5 Å². The molecule has 0 atom stereocenters. The number of halogens is 2. The molecule has 2 aliphatic rings. The van der Waals surface area contributed by atoms with Gasteiger partial charge in [-0.2, -0.15) is 5.01 Å². The zero-order valence-corrected chi connectivity index (χ0v) is 13.1. The van der Waals surface area contributed by atoms with Crippen molar-refractivity contribution < 1.29 is 23.2 Å². The van der Waals surface area contributed by atoms with E-state index in [0.29, 0.717) is 29.8 Å². The van der Waals surface area contributed by atoms with Crippen LogP contribution in [-0.2, 0) is 4.79 Å². The summed E-state index contributed by atoms with van der Waals surface area (Å²) in [6, 6.07) is 1.69. The van der Waals surface area contributed by atoms with Crippen LogP contribution in [0.5, 0.6) is 0 Å². The number of hydrogen-bond donors (Lipinski definition) is 2. The quantitative estimate of drug-likeness (QED) is 0.812. The van der Waals surface area contributed by atoms with E-state index in [9.17, 15) is 23.2 Å². The summed E-state index contributed by atoms with van der Waals surface area (Å²) in [6.45, 7) is 2.07. The molecule has 1 aliphatic heterocycles. The van der Waals surface area contributed by atoms with Gasteiger partial charge in [0, 0.05) is 6.07 Å². The summed E-state index contributed by atoms with van der Waals surface area (Å²) >= 11 is 0. The van der Waals surface area contributed by atoms with Crippen molar-refractivity contribution in [3.63, 3.8) is 0 Å². The monoisotopic (exact) mass is 337 g/mol. The fourth-order valence-electron chi connectivity index (χ4n) is 3.15. The van der Waals surface area contributed by atoms with Crippen molar-refractivity contribution in [2.24, 2.45) is 5.92 Å². The maximum absolute atomic E-state index is 13.7. The van der Waals surface area contributed by atoms with Crippen molar-refractivity contribution in [1.29, 1.82) is 0 Å². The zero-order valence-electron chi connectivity index (χ0n) is 13.1. The van der Waals surface area contributed by atoms with Crippen molar-refractivity contribution >= 4 is 17.8 Å². The standard InChI is InChI=1S/C16H17F2N3O3/c1-9-4-6-16(7-5-9)14(23)21(15(24)19-16)20-13(22)11-3-2-10(17)8-12(11)18/h2-3,8-9H,4-7H2,1H3,(H,19,24)(H,20,22). The average molecular weight is 337 g/mol. The molecular weight excluding hydrogens is 320 g/mol. The summed E-state index contributed by atoms with van der Waals surface area (Å²) in [7, 11) is 0. The van der Waals surface area contributed by atoms with Gasteiger partial charge in [-0.15, -0.1) is 0 Å². The Labute approximate surface area is 137 Å². The molecule has 1 spiro atoms. The second-order valence-corrected chi connectivity index (χ2v) is 6.40. The van der Waals surface area contributed by atoms with Crippen LogP contribution < -0.4 is 10.7 Å². The van der Waals surface area contributed by atoms with Gasteiger partial charge >= 0.3 is 6.03 Å². The first-order valence-electron chi connectivity index (χ1n) is 7.75. The van der Waals surface area contributed by atoms with Crippen molar-refractivity contribution in [2.45, 2.75) is 38.1 Å². The highest BCUT2D eigenvalue weighted by Gasteiger charge is 2.53. The van der Waals surface area contributed by atoms with Crippen molar-refractivity contribution in [2.75, 3.05) is 0 Å². The van der Waals surface area contributed by atoms with Crippen LogP contribution in [0.2, 0.25) is 0 Å². The molecule has 1 heterocycles. The number of carbonyl (C=O) groups is 3. The van der Waals surface area contributed by atoms with E-state index in [1.54, 1.807) is 0 Å². The Kier molecular flexibility index (Phi) is 3.98. The normalized spacial score (nSPS) is 26.6. The minimum atomic E-state index is -1.07. The third-order valence-electron chi connectivity index (χ3n) is 4.68. The highest BCUT2D eigenvalue weighted by Crippen LogP contribution is 2.35. The molecule has 1 saturated heterocycles. The largest absolute Gasteiger partial charge is 0.344 e. The molecule has 1 saturated carbocycles. The van der Waals surface area contributed by atoms with E-state index in [2.05, 4.69) is 17.7 Å². The summed E-state index contributed by atoms with van der Waals surface area (Å²) in [5.74, 6) is -2.96. The summed E-state index contributed by atoms with van der Waals surface area (Å²) < 4.78 is 26.6. The number of amides is 4. The maximum Gasteiger partial charge on any atom is 0.344 e. The first kappa shape index (κ1) is 16.4. The van der Waals surface area contributed by atoms with E-state index in [1.807, 2.05) is 0 Å². The van der Waals surface area contributed by atoms with Crippen LogP contribution in [0.3, 0.4) is 0 Å². The summed E-state index contributed by atoms with van der Waals surface area (Å²) in [5, 5.41) is 3.22. The molecule has 2 N–H and O–H groups in total. The lowest BCUT2D eigenvalue weighted by Crippen LogP contribution is -2.51. The van der Waals surface area contributed by atoms with Gasteiger partial charge in [-0.1, -0.05) is 6.92 Å². The predicted molar refractivity (Wildman–Crippen MR) is 79.6 cm³/mol. The van der Waals surface area contributed by atoms with Gasteiger partial charge in [0.1, 0.15) is 17.2 Å². The molecule has 8 heteroatoms. The van der Waals surface area contributed by atoms with E-state index in [-0.39, 0.29) is 0 Å². The number of nitrogens with zero attached hydrogens (tertiary/aromatic N) is 1. The molecule has 4 amide bonds. The Morgan fingerprint density at radius 2 is 1.96 bits per heavy atom. The summed E-state index contributed by atoms with van der Waals surface area (Å²) in [5.41, 5.74) is 0.658. The number of rotatable bonds is 2. The third-order valence-corrected chi connectivity index (χ3v) is 4.68. The maximum atomic E-state index is 13.7. The second kappa shape index (κ2) is 5.85. The van der Waals surface area contributed by atoms with Crippen LogP contribution in [0, 0.1) is 17.6 Å². The molecular formula is C16H17F2N3O3. The number of carbonyl (C=O) groups excluding carboxylic acids is 3. The fourth-order valence-corrected chi connectivity index (χ4v) is 3.15. The van der Waals surface area contributed by atoms with Crippen molar-refractivity contribution in [1.82, 2.24) is 15.8 Å². The highest BCUT2D eigenvalue weighted by molar-refractivity contribution is 6.09. The van der Waals surface area contributed by atoms with Crippen LogP contribution >= 0.6 is 0 Å². The van der Waals surface area contributed by atoms with Gasteiger partial charge in [-0.3, -0.25) is 15.0 Å². The van der Waals surface area contributed by atoms with E-state index in [0.717, 1.165) is 25.0 Å². The number of hydrogen-bond acceptors (Lipinski definition) is 3. The van der Waals surface area contributed by atoms with Crippen LogP contribution in [0.1, 0.15) is 43.0 Å².